The fourth-order valence-corrected chi connectivity index (χ4v) is 0.186. The van der Waals surface area contributed by atoms with E-state index in [-0.39, 0.29) is 5.48 Å². The zero-order valence-corrected chi connectivity index (χ0v) is 3.36. The minimum atomic E-state index is -0.685. The van der Waals surface area contributed by atoms with Crippen LogP contribution in [0.5, 0.6) is 0 Å². The van der Waals surface area contributed by atoms with Gasteiger partial charge >= 0.3 is 0 Å². The molecule has 0 fully saturated rings. The van der Waals surface area contributed by atoms with Gasteiger partial charge in [0.25, 0.3) is 5.91 Å². The average Bonchev–Trinajstić information content (AvgIpc) is 1.61. The molecule has 40 valence electrons. The van der Waals surface area contributed by atoms with Crippen LogP contribution >= 0.6 is 0 Å². The van der Waals surface area contributed by atoms with Crippen LogP contribution in [0.4, 0.5) is 4.39 Å². The van der Waals surface area contributed by atoms with E-state index in [1.165, 1.54) is 0 Å². The number of halogens is 1. The maximum absolute atomic E-state index is 11.4. The van der Waals surface area contributed by atoms with Crippen molar-refractivity contribution in [3.63, 3.8) is 0 Å². The van der Waals surface area contributed by atoms with Gasteiger partial charge in [-0.3, -0.25) is 4.79 Å². The maximum atomic E-state index is 11.4. The highest BCUT2D eigenvalue weighted by Crippen LogP contribution is 2.00. The first-order valence-corrected chi connectivity index (χ1v) is 1.47. The van der Waals surface area contributed by atoms with Gasteiger partial charge in [-0.1, -0.05) is 0 Å². The van der Waals surface area contributed by atoms with Gasteiger partial charge in [0.2, 0.25) is 5.83 Å². The minimum Gasteiger partial charge on any atom is -0.412 e. The fourth-order valence-electron chi connectivity index (χ4n) is 0.186. The van der Waals surface area contributed by atoms with E-state index in [1.807, 2.05) is 0 Å². The van der Waals surface area contributed by atoms with E-state index < -0.39 is 11.7 Å². The minimum absolute atomic E-state index is 0. The predicted octanol–water partition coefficient (Wildman–Crippen LogP) is -0.898. The Morgan fingerprint density at radius 3 is 2.14 bits per heavy atom. The molecule has 0 bridgehead atoms. The second-order valence-corrected chi connectivity index (χ2v) is 0.966. The SMILES string of the molecule is O.O=C1NC=C1F. The molecule has 0 aromatic heterocycles. The molecule has 0 saturated heterocycles. The number of carbonyl (C=O) groups is 1. The smallest absolute Gasteiger partial charge is 0.285 e. The standard InChI is InChI=1S/C3H2FNO.H2O/c4-2-1-5-3(2)6;/h1H,(H,5,6);1H2. The van der Waals surface area contributed by atoms with Crippen molar-refractivity contribution in [3.05, 3.63) is 12.0 Å². The molecular weight excluding hydrogens is 101 g/mol. The van der Waals surface area contributed by atoms with Crippen molar-refractivity contribution in [1.82, 2.24) is 5.32 Å². The first kappa shape index (κ1) is 6.10. The lowest BCUT2D eigenvalue weighted by Crippen LogP contribution is -2.27. The molecule has 0 spiro atoms. The number of carbonyl (C=O) groups excluding carboxylic acids is 1. The normalized spacial score (nSPS) is 15.6. The van der Waals surface area contributed by atoms with E-state index in [0.717, 1.165) is 6.20 Å². The lowest BCUT2D eigenvalue weighted by Gasteiger charge is -2.03. The number of hydrogen-bond donors (Lipinski definition) is 1. The van der Waals surface area contributed by atoms with Crippen molar-refractivity contribution in [2.24, 2.45) is 0 Å². The van der Waals surface area contributed by atoms with Crippen molar-refractivity contribution in [1.29, 1.82) is 0 Å². The Labute approximate surface area is 39.1 Å². The second kappa shape index (κ2) is 1.70. The molecule has 0 atom stereocenters. The summed E-state index contributed by atoms with van der Waals surface area (Å²) < 4.78 is 11.4. The maximum Gasteiger partial charge on any atom is 0.285 e. The van der Waals surface area contributed by atoms with E-state index in [0.29, 0.717) is 0 Å². The van der Waals surface area contributed by atoms with E-state index in [1.54, 1.807) is 0 Å². The van der Waals surface area contributed by atoms with Gasteiger partial charge in [-0.15, -0.1) is 0 Å². The average molecular weight is 105 g/mol. The van der Waals surface area contributed by atoms with Crippen LogP contribution < -0.4 is 5.32 Å². The molecule has 1 heterocycles. The van der Waals surface area contributed by atoms with Crippen molar-refractivity contribution in [3.8, 4) is 0 Å². The molecule has 1 amide bonds. The van der Waals surface area contributed by atoms with Crippen LogP contribution in [-0.2, 0) is 4.79 Å². The lowest BCUT2D eigenvalue weighted by atomic mass is 10.4. The van der Waals surface area contributed by atoms with E-state index in [4.69, 9.17) is 0 Å². The number of amides is 1. The summed E-state index contributed by atoms with van der Waals surface area (Å²) in [5.74, 6) is -1.30. The van der Waals surface area contributed by atoms with Gasteiger partial charge in [0.05, 0.1) is 0 Å². The van der Waals surface area contributed by atoms with Gasteiger partial charge in [0.15, 0.2) is 0 Å². The molecule has 7 heavy (non-hydrogen) atoms. The Morgan fingerprint density at radius 1 is 1.71 bits per heavy atom. The highest BCUT2D eigenvalue weighted by Gasteiger charge is 2.14. The van der Waals surface area contributed by atoms with Crippen molar-refractivity contribution in [2.45, 2.75) is 0 Å². The van der Waals surface area contributed by atoms with Crippen LogP contribution in [0, 0.1) is 0 Å². The molecule has 3 N–H and O–H groups in total. The summed E-state index contributed by atoms with van der Waals surface area (Å²) in [6, 6.07) is 0. The summed E-state index contributed by atoms with van der Waals surface area (Å²) in [4.78, 5) is 9.68. The van der Waals surface area contributed by atoms with E-state index >= 15 is 0 Å². The quantitative estimate of drug-likeness (QED) is 0.426. The number of nitrogens with one attached hydrogen (secondary N) is 1. The highest BCUT2D eigenvalue weighted by atomic mass is 19.1. The molecule has 0 aromatic carbocycles. The second-order valence-electron chi connectivity index (χ2n) is 0.966. The van der Waals surface area contributed by atoms with Crippen LogP contribution in [0.1, 0.15) is 0 Å². The third-order valence-corrected chi connectivity index (χ3v) is 0.547. The van der Waals surface area contributed by atoms with Crippen molar-refractivity contribution in [2.75, 3.05) is 0 Å². The molecule has 0 unspecified atom stereocenters. The molecular formula is C3H4FNO2. The Kier molecular flexibility index (Phi) is 1.48. The van der Waals surface area contributed by atoms with E-state index in [9.17, 15) is 9.18 Å². The van der Waals surface area contributed by atoms with Gasteiger partial charge in [-0.25, -0.2) is 0 Å². The largest absolute Gasteiger partial charge is 0.412 e. The molecule has 0 aliphatic carbocycles. The summed E-state index contributed by atoms with van der Waals surface area (Å²) in [6.45, 7) is 0. The Hall–Kier alpha value is -0.900. The van der Waals surface area contributed by atoms with Crippen LogP contribution in [0.15, 0.2) is 12.0 Å². The molecule has 0 radical (unpaired) electrons. The molecule has 0 aromatic rings. The Morgan fingerprint density at radius 2 is 2.14 bits per heavy atom. The third kappa shape index (κ3) is 0.747. The molecule has 1 aliphatic heterocycles. The van der Waals surface area contributed by atoms with Gasteiger partial charge in [0.1, 0.15) is 0 Å². The summed E-state index contributed by atoms with van der Waals surface area (Å²) >= 11 is 0. The monoisotopic (exact) mass is 105 g/mol. The van der Waals surface area contributed by atoms with E-state index in [2.05, 4.69) is 5.32 Å². The molecule has 1 rings (SSSR count). The third-order valence-electron chi connectivity index (χ3n) is 0.547. The Bertz CT molecular complexity index is 120. The van der Waals surface area contributed by atoms with Crippen LogP contribution in [0.2, 0.25) is 0 Å². The van der Waals surface area contributed by atoms with Crippen LogP contribution in [-0.4, -0.2) is 11.4 Å². The molecule has 1 aliphatic rings. The number of hydrogen-bond acceptors (Lipinski definition) is 1. The summed E-state index contributed by atoms with van der Waals surface area (Å²) in [7, 11) is 0. The molecule has 4 heteroatoms. The van der Waals surface area contributed by atoms with Gasteiger partial charge in [0, 0.05) is 6.20 Å². The predicted molar refractivity (Wildman–Crippen MR) is 20.9 cm³/mol. The lowest BCUT2D eigenvalue weighted by molar-refractivity contribution is -0.119. The molecule has 3 nitrogen and oxygen atoms in total. The van der Waals surface area contributed by atoms with Crippen molar-refractivity contribution >= 4 is 5.91 Å². The van der Waals surface area contributed by atoms with Crippen LogP contribution in [0.3, 0.4) is 0 Å². The first-order chi connectivity index (χ1) is 2.80. The number of rotatable bonds is 0. The summed E-state index contributed by atoms with van der Waals surface area (Å²) in [6.07, 6.45) is 1.02. The van der Waals surface area contributed by atoms with Gasteiger partial charge < -0.3 is 10.8 Å². The summed E-state index contributed by atoms with van der Waals surface area (Å²) in [5.41, 5.74) is 0. The first-order valence-electron chi connectivity index (χ1n) is 1.47. The summed E-state index contributed by atoms with van der Waals surface area (Å²) in [5, 5.41) is 2.08. The van der Waals surface area contributed by atoms with Gasteiger partial charge in [-0.05, 0) is 0 Å². The fraction of sp³-hybridized carbons (Fsp3) is 0. The van der Waals surface area contributed by atoms with Gasteiger partial charge in [-0.2, -0.15) is 4.39 Å². The zero-order valence-electron chi connectivity index (χ0n) is 3.36. The zero-order chi connectivity index (χ0) is 4.57. The van der Waals surface area contributed by atoms with Crippen LogP contribution in [0.25, 0.3) is 0 Å². The molecule has 0 saturated carbocycles. The Balaban J connectivity index is 0.000000360. The topological polar surface area (TPSA) is 60.6 Å². The van der Waals surface area contributed by atoms with Crippen molar-refractivity contribution < 1.29 is 14.7 Å². The highest BCUT2D eigenvalue weighted by molar-refractivity contribution is 5.97.